The van der Waals surface area contributed by atoms with Crippen LogP contribution in [0.5, 0.6) is 0 Å². The lowest BCUT2D eigenvalue weighted by atomic mass is 9.85. The predicted molar refractivity (Wildman–Crippen MR) is 79.4 cm³/mol. The molecule has 3 atom stereocenters. The van der Waals surface area contributed by atoms with Crippen molar-refractivity contribution in [2.24, 2.45) is 11.8 Å². The lowest BCUT2D eigenvalue weighted by Crippen LogP contribution is -2.38. The maximum Gasteiger partial charge on any atom is 0.220 e. The van der Waals surface area contributed by atoms with Gasteiger partial charge in [0.05, 0.1) is 6.26 Å². The Hall–Kier alpha value is -1.29. The zero-order chi connectivity index (χ0) is 14.4. The summed E-state index contributed by atoms with van der Waals surface area (Å²) in [5, 5.41) is 6.48. The molecule has 20 heavy (non-hydrogen) atoms. The molecule has 1 amide bonds. The second-order valence-corrected chi connectivity index (χ2v) is 6.04. The molecule has 0 saturated carbocycles. The van der Waals surface area contributed by atoms with Gasteiger partial charge in [0.25, 0.3) is 0 Å². The molecule has 112 valence electrons. The summed E-state index contributed by atoms with van der Waals surface area (Å²) in [6.07, 6.45) is 5.50. The van der Waals surface area contributed by atoms with Crippen LogP contribution < -0.4 is 10.6 Å². The van der Waals surface area contributed by atoms with Gasteiger partial charge in [-0.05, 0) is 56.8 Å². The maximum absolute atomic E-state index is 12.1. The zero-order valence-corrected chi connectivity index (χ0v) is 12.5. The third-order valence-electron chi connectivity index (χ3n) is 4.14. The van der Waals surface area contributed by atoms with Gasteiger partial charge >= 0.3 is 0 Å². The van der Waals surface area contributed by atoms with E-state index in [0.29, 0.717) is 18.3 Å². The molecule has 1 aromatic rings. The number of hydrogen-bond acceptors (Lipinski definition) is 3. The van der Waals surface area contributed by atoms with E-state index in [4.69, 9.17) is 4.42 Å². The van der Waals surface area contributed by atoms with Crippen molar-refractivity contribution < 1.29 is 9.21 Å². The number of rotatable bonds is 6. The Morgan fingerprint density at radius 1 is 1.55 bits per heavy atom. The number of amides is 1. The first-order chi connectivity index (χ1) is 9.65. The van der Waals surface area contributed by atoms with E-state index in [1.807, 2.05) is 19.1 Å². The van der Waals surface area contributed by atoms with Gasteiger partial charge in [-0.3, -0.25) is 4.79 Å². The second-order valence-electron chi connectivity index (χ2n) is 6.04. The molecule has 3 unspecified atom stereocenters. The number of furan rings is 1. The largest absolute Gasteiger partial charge is 0.469 e. The van der Waals surface area contributed by atoms with Crippen molar-refractivity contribution in [2.75, 3.05) is 13.1 Å². The molecule has 0 aromatic carbocycles. The number of piperidine rings is 1. The van der Waals surface area contributed by atoms with Gasteiger partial charge in [0.2, 0.25) is 5.91 Å². The van der Waals surface area contributed by atoms with Crippen LogP contribution in [0, 0.1) is 11.8 Å². The Labute approximate surface area is 121 Å². The minimum absolute atomic E-state index is 0.116. The van der Waals surface area contributed by atoms with Crippen LogP contribution in [0.1, 0.15) is 38.9 Å². The van der Waals surface area contributed by atoms with Crippen molar-refractivity contribution >= 4 is 5.91 Å². The fourth-order valence-corrected chi connectivity index (χ4v) is 2.94. The third-order valence-corrected chi connectivity index (χ3v) is 4.14. The van der Waals surface area contributed by atoms with Gasteiger partial charge in [-0.15, -0.1) is 0 Å². The van der Waals surface area contributed by atoms with Crippen LogP contribution in [0.4, 0.5) is 0 Å². The number of carbonyl (C=O) groups excluding carboxylic acids is 1. The van der Waals surface area contributed by atoms with Gasteiger partial charge in [0.1, 0.15) is 5.76 Å². The average molecular weight is 278 g/mol. The Balaban J connectivity index is 1.71. The highest BCUT2D eigenvalue weighted by molar-refractivity contribution is 5.76. The van der Waals surface area contributed by atoms with Crippen molar-refractivity contribution in [1.82, 2.24) is 10.6 Å². The topological polar surface area (TPSA) is 54.3 Å². The van der Waals surface area contributed by atoms with Crippen molar-refractivity contribution in [3.05, 3.63) is 24.2 Å². The molecule has 0 aliphatic carbocycles. The van der Waals surface area contributed by atoms with Crippen molar-refractivity contribution in [2.45, 2.75) is 45.6 Å². The molecule has 4 heteroatoms. The van der Waals surface area contributed by atoms with Crippen LogP contribution in [0.15, 0.2) is 22.8 Å². The van der Waals surface area contributed by atoms with E-state index >= 15 is 0 Å². The van der Waals surface area contributed by atoms with E-state index in [2.05, 4.69) is 17.6 Å². The normalized spacial score (nSPS) is 22.2. The van der Waals surface area contributed by atoms with Gasteiger partial charge < -0.3 is 15.1 Å². The van der Waals surface area contributed by atoms with E-state index in [1.165, 1.54) is 12.8 Å². The average Bonchev–Trinajstić information content (AvgIpc) is 2.92. The Kier molecular flexibility index (Phi) is 5.65. The van der Waals surface area contributed by atoms with Gasteiger partial charge in [-0.1, -0.05) is 6.92 Å². The molecular weight excluding hydrogens is 252 g/mol. The highest BCUT2D eigenvalue weighted by Gasteiger charge is 2.22. The van der Waals surface area contributed by atoms with E-state index in [1.54, 1.807) is 6.26 Å². The van der Waals surface area contributed by atoms with Crippen LogP contribution in [0.3, 0.4) is 0 Å². The number of hydrogen-bond donors (Lipinski definition) is 2. The summed E-state index contributed by atoms with van der Waals surface area (Å²) in [6.45, 7) is 6.38. The summed E-state index contributed by atoms with van der Waals surface area (Å²) in [5.74, 6) is 2.15. The minimum Gasteiger partial charge on any atom is -0.469 e. The molecule has 1 aromatic heterocycles. The summed E-state index contributed by atoms with van der Waals surface area (Å²) in [7, 11) is 0. The SMILES string of the molecule is CC(Cc1ccco1)NC(=O)CC(C)C1CCCNC1. The van der Waals surface area contributed by atoms with Crippen molar-refractivity contribution in [3.8, 4) is 0 Å². The van der Waals surface area contributed by atoms with E-state index in [9.17, 15) is 4.79 Å². The molecule has 0 spiro atoms. The molecule has 1 fully saturated rings. The quantitative estimate of drug-likeness (QED) is 0.840. The highest BCUT2D eigenvalue weighted by atomic mass is 16.3. The highest BCUT2D eigenvalue weighted by Crippen LogP contribution is 2.22. The number of carbonyl (C=O) groups is 1. The first kappa shape index (κ1) is 15.1. The van der Waals surface area contributed by atoms with Crippen LogP contribution in [0.2, 0.25) is 0 Å². The lowest BCUT2D eigenvalue weighted by molar-refractivity contribution is -0.122. The second kappa shape index (κ2) is 7.48. The van der Waals surface area contributed by atoms with Gasteiger partial charge in [-0.25, -0.2) is 0 Å². The smallest absolute Gasteiger partial charge is 0.220 e. The summed E-state index contributed by atoms with van der Waals surface area (Å²) in [4.78, 5) is 12.1. The van der Waals surface area contributed by atoms with E-state index < -0.39 is 0 Å². The summed E-state index contributed by atoms with van der Waals surface area (Å²) >= 11 is 0. The first-order valence-corrected chi connectivity index (χ1v) is 7.67. The molecule has 1 aliphatic rings. The fraction of sp³-hybridized carbons (Fsp3) is 0.688. The molecule has 0 bridgehead atoms. The van der Waals surface area contributed by atoms with Gasteiger partial charge in [0, 0.05) is 18.9 Å². The van der Waals surface area contributed by atoms with Crippen molar-refractivity contribution in [1.29, 1.82) is 0 Å². The number of nitrogens with one attached hydrogen (secondary N) is 2. The molecular formula is C16H26N2O2. The van der Waals surface area contributed by atoms with Crippen LogP contribution in [0.25, 0.3) is 0 Å². The van der Waals surface area contributed by atoms with Gasteiger partial charge in [0.15, 0.2) is 0 Å². The Morgan fingerprint density at radius 2 is 2.40 bits per heavy atom. The molecule has 4 nitrogen and oxygen atoms in total. The van der Waals surface area contributed by atoms with E-state index in [0.717, 1.165) is 25.3 Å². The fourth-order valence-electron chi connectivity index (χ4n) is 2.94. The molecule has 1 saturated heterocycles. The van der Waals surface area contributed by atoms with E-state index in [-0.39, 0.29) is 11.9 Å². The predicted octanol–water partition coefficient (Wildman–Crippen LogP) is 2.35. The van der Waals surface area contributed by atoms with Crippen LogP contribution in [-0.2, 0) is 11.2 Å². The molecule has 1 aliphatic heterocycles. The summed E-state index contributed by atoms with van der Waals surface area (Å²) in [6, 6.07) is 3.94. The van der Waals surface area contributed by atoms with Crippen LogP contribution in [-0.4, -0.2) is 25.0 Å². The third kappa shape index (κ3) is 4.67. The van der Waals surface area contributed by atoms with Gasteiger partial charge in [-0.2, -0.15) is 0 Å². The zero-order valence-electron chi connectivity index (χ0n) is 12.5. The standard InChI is InChI=1S/C16H26N2O2/c1-12(14-5-3-7-17-11-14)9-16(19)18-13(2)10-15-6-4-8-20-15/h4,6,8,12-14,17H,3,5,7,9-11H2,1-2H3,(H,18,19). The molecule has 2 heterocycles. The maximum atomic E-state index is 12.1. The summed E-state index contributed by atoms with van der Waals surface area (Å²) < 4.78 is 5.30. The molecule has 2 rings (SSSR count). The summed E-state index contributed by atoms with van der Waals surface area (Å²) in [5.41, 5.74) is 0. The minimum atomic E-state index is 0.116. The Morgan fingerprint density at radius 3 is 3.05 bits per heavy atom. The van der Waals surface area contributed by atoms with Crippen LogP contribution >= 0.6 is 0 Å². The molecule has 0 radical (unpaired) electrons. The molecule has 2 N–H and O–H groups in total. The lowest BCUT2D eigenvalue weighted by Gasteiger charge is -2.28. The first-order valence-electron chi connectivity index (χ1n) is 7.67. The van der Waals surface area contributed by atoms with Crippen molar-refractivity contribution in [3.63, 3.8) is 0 Å². The monoisotopic (exact) mass is 278 g/mol. The Bertz CT molecular complexity index is 397.